The number of carbonyl (C=O) groups is 3. The summed E-state index contributed by atoms with van der Waals surface area (Å²) in [5.74, 6) is -0.404. The van der Waals surface area contributed by atoms with Gasteiger partial charge in [0.1, 0.15) is 6.04 Å². The summed E-state index contributed by atoms with van der Waals surface area (Å²) in [6.07, 6.45) is 2.46. The molecule has 0 fully saturated rings. The number of hydrogen-bond acceptors (Lipinski definition) is 4. The van der Waals surface area contributed by atoms with Gasteiger partial charge in [0.05, 0.1) is 7.11 Å². The van der Waals surface area contributed by atoms with E-state index in [9.17, 15) is 14.4 Å². The lowest BCUT2D eigenvalue weighted by atomic mass is 9.98. The summed E-state index contributed by atoms with van der Waals surface area (Å²) in [5, 5.41) is 2.77. The molecule has 0 saturated carbocycles. The topological polar surface area (TPSA) is 72.5 Å². The van der Waals surface area contributed by atoms with E-state index in [4.69, 9.17) is 4.74 Å². The van der Waals surface area contributed by atoms with Crippen LogP contribution in [-0.2, 0) is 16.0 Å². The van der Waals surface area contributed by atoms with Crippen molar-refractivity contribution in [1.82, 2.24) is 5.32 Å². The normalized spacial score (nSPS) is 15.7. The Kier molecular flexibility index (Phi) is 5.53. The molecule has 2 atom stereocenters. The second-order valence-corrected chi connectivity index (χ2v) is 6.05. The molecule has 1 aliphatic carbocycles. The highest BCUT2D eigenvalue weighted by molar-refractivity contribution is 6.06. The van der Waals surface area contributed by atoms with Crippen molar-refractivity contribution >= 4 is 17.7 Å². The van der Waals surface area contributed by atoms with Crippen molar-refractivity contribution in [3.63, 3.8) is 0 Å². The molecule has 5 nitrogen and oxygen atoms in total. The maximum atomic E-state index is 12.6. The molecule has 1 aliphatic rings. The number of methoxy groups -OCH3 is 1. The van der Waals surface area contributed by atoms with Crippen molar-refractivity contribution in [2.45, 2.75) is 45.6 Å². The Hall–Kier alpha value is -2.17. The van der Waals surface area contributed by atoms with Crippen LogP contribution in [0.15, 0.2) is 18.2 Å². The predicted octanol–water partition coefficient (Wildman–Crippen LogP) is 2.52. The third-order valence-corrected chi connectivity index (χ3v) is 4.45. The van der Waals surface area contributed by atoms with Crippen LogP contribution >= 0.6 is 0 Å². The molecule has 0 saturated heterocycles. The number of ketones is 1. The van der Waals surface area contributed by atoms with Gasteiger partial charge in [-0.3, -0.25) is 9.59 Å². The molecule has 0 radical (unpaired) electrons. The molecule has 5 heteroatoms. The number of hydrogen-bond donors (Lipinski definition) is 1. The molecule has 0 aromatic heterocycles. The molecule has 23 heavy (non-hydrogen) atoms. The molecular weight excluding hydrogens is 294 g/mol. The van der Waals surface area contributed by atoms with Crippen molar-refractivity contribution in [2.75, 3.05) is 7.11 Å². The fourth-order valence-electron chi connectivity index (χ4n) is 2.86. The first-order chi connectivity index (χ1) is 11.0. The number of rotatable bonds is 6. The molecule has 1 aromatic rings. The van der Waals surface area contributed by atoms with Crippen molar-refractivity contribution < 1.29 is 19.1 Å². The number of esters is 1. The van der Waals surface area contributed by atoms with Crippen LogP contribution in [0.4, 0.5) is 0 Å². The summed E-state index contributed by atoms with van der Waals surface area (Å²) < 4.78 is 4.80. The summed E-state index contributed by atoms with van der Waals surface area (Å²) in [6.45, 7) is 4.07. The number of nitrogens with one attached hydrogen (secondary N) is 1. The van der Waals surface area contributed by atoms with Gasteiger partial charge in [-0.25, -0.2) is 4.79 Å². The summed E-state index contributed by atoms with van der Waals surface area (Å²) in [7, 11) is 1.32. The van der Waals surface area contributed by atoms with Crippen LogP contribution in [0.25, 0.3) is 0 Å². The monoisotopic (exact) mass is 317 g/mol. The van der Waals surface area contributed by atoms with Crippen molar-refractivity contribution in [3.05, 3.63) is 34.9 Å². The predicted molar refractivity (Wildman–Crippen MR) is 86.4 cm³/mol. The molecule has 1 aromatic carbocycles. The zero-order valence-corrected chi connectivity index (χ0v) is 13.8. The quantitative estimate of drug-likeness (QED) is 0.818. The highest BCUT2D eigenvalue weighted by Crippen LogP contribution is 2.25. The fourth-order valence-corrected chi connectivity index (χ4v) is 2.86. The third-order valence-electron chi connectivity index (χ3n) is 4.45. The Morgan fingerprint density at radius 1 is 1.30 bits per heavy atom. The molecule has 1 N–H and O–H groups in total. The first-order valence-corrected chi connectivity index (χ1v) is 8.01. The summed E-state index contributed by atoms with van der Waals surface area (Å²) in [4.78, 5) is 36.3. The first kappa shape index (κ1) is 17.2. The number of amides is 1. The highest BCUT2D eigenvalue weighted by Gasteiger charge is 2.28. The van der Waals surface area contributed by atoms with Crippen LogP contribution in [0.3, 0.4) is 0 Å². The Morgan fingerprint density at radius 3 is 2.70 bits per heavy atom. The maximum Gasteiger partial charge on any atom is 0.328 e. The zero-order chi connectivity index (χ0) is 17.0. The summed E-state index contributed by atoms with van der Waals surface area (Å²) in [5.41, 5.74) is 1.88. The smallest absolute Gasteiger partial charge is 0.328 e. The van der Waals surface area contributed by atoms with E-state index in [0.29, 0.717) is 36.3 Å². The van der Waals surface area contributed by atoms with Crippen molar-refractivity contribution in [3.8, 4) is 0 Å². The van der Waals surface area contributed by atoms with Gasteiger partial charge in [0.25, 0.3) is 5.91 Å². The third kappa shape index (κ3) is 3.78. The molecule has 0 aliphatic heterocycles. The number of fused-ring (bicyclic) bond motifs is 1. The van der Waals surface area contributed by atoms with E-state index in [1.54, 1.807) is 18.2 Å². The minimum Gasteiger partial charge on any atom is -0.467 e. The average molecular weight is 317 g/mol. The van der Waals surface area contributed by atoms with Gasteiger partial charge >= 0.3 is 5.97 Å². The Morgan fingerprint density at radius 2 is 2.04 bits per heavy atom. The molecule has 2 rings (SSSR count). The van der Waals surface area contributed by atoms with Gasteiger partial charge in [0, 0.05) is 17.5 Å². The molecule has 0 heterocycles. The molecule has 0 unspecified atom stereocenters. The zero-order valence-electron chi connectivity index (χ0n) is 13.8. The van der Waals surface area contributed by atoms with E-state index in [1.807, 2.05) is 13.8 Å². The minimum atomic E-state index is -0.671. The first-order valence-electron chi connectivity index (χ1n) is 8.01. The van der Waals surface area contributed by atoms with Gasteiger partial charge in [-0.05, 0) is 30.4 Å². The Labute approximate surface area is 136 Å². The van der Waals surface area contributed by atoms with Crippen LogP contribution in [-0.4, -0.2) is 30.8 Å². The second kappa shape index (κ2) is 7.40. The Balaban J connectivity index is 2.19. The lowest BCUT2D eigenvalue weighted by Gasteiger charge is -2.20. The van der Waals surface area contributed by atoms with Crippen LogP contribution < -0.4 is 5.32 Å². The van der Waals surface area contributed by atoms with Crippen LogP contribution in [0.5, 0.6) is 0 Å². The van der Waals surface area contributed by atoms with Gasteiger partial charge in [-0.2, -0.15) is 0 Å². The lowest BCUT2D eigenvalue weighted by molar-refractivity contribution is -0.143. The van der Waals surface area contributed by atoms with Crippen molar-refractivity contribution in [2.24, 2.45) is 5.92 Å². The molecule has 0 spiro atoms. The van der Waals surface area contributed by atoms with Gasteiger partial charge < -0.3 is 10.1 Å². The van der Waals surface area contributed by atoms with E-state index in [0.717, 1.165) is 12.0 Å². The van der Waals surface area contributed by atoms with Gasteiger partial charge in [0.15, 0.2) is 5.78 Å². The second-order valence-electron chi connectivity index (χ2n) is 6.05. The van der Waals surface area contributed by atoms with Crippen LogP contribution in [0.1, 0.15) is 59.4 Å². The lowest BCUT2D eigenvalue weighted by Crippen LogP contribution is -2.42. The Bertz CT molecular complexity index is 623. The number of ether oxygens (including phenoxy) is 1. The average Bonchev–Trinajstić information content (AvgIpc) is 2.94. The maximum absolute atomic E-state index is 12.6. The molecule has 1 amide bonds. The van der Waals surface area contributed by atoms with E-state index in [-0.39, 0.29) is 11.7 Å². The number of carbonyl (C=O) groups excluding carboxylic acids is 3. The van der Waals surface area contributed by atoms with Crippen LogP contribution in [0.2, 0.25) is 0 Å². The van der Waals surface area contributed by atoms with Gasteiger partial charge in [-0.1, -0.05) is 32.4 Å². The van der Waals surface area contributed by atoms with E-state index < -0.39 is 12.0 Å². The van der Waals surface area contributed by atoms with Gasteiger partial charge in [-0.15, -0.1) is 0 Å². The summed E-state index contributed by atoms with van der Waals surface area (Å²) >= 11 is 0. The van der Waals surface area contributed by atoms with E-state index in [1.165, 1.54) is 7.11 Å². The standard InChI is InChI=1S/C18H23NO4/c1-4-11(2)10-15(18(22)23-3)19-17(21)14-7-5-6-13-12(14)8-9-16(13)20/h5-7,11,15H,4,8-10H2,1-3H3,(H,19,21)/t11-,15+/m1/s1. The number of benzene rings is 1. The SMILES string of the molecule is CC[C@@H](C)C[C@H](NC(=O)c1cccc2c1CCC2=O)C(=O)OC. The molecule has 0 bridgehead atoms. The van der Waals surface area contributed by atoms with Gasteiger partial charge in [0.2, 0.25) is 0 Å². The molecule has 124 valence electrons. The van der Waals surface area contributed by atoms with E-state index in [2.05, 4.69) is 5.32 Å². The van der Waals surface area contributed by atoms with E-state index >= 15 is 0 Å². The minimum absolute atomic E-state index is 0.0683. The van der Waals surface area contributed by atoms with Crippen molar-refractivity contribution in [1.29, 1.82) is 0 Å². The summed E-state index contributed by atoms with van der Waals surface area (Å²) in [6, 6.07) is 4.48. The number of Topliss-reactive ketones (excluding diaryl/α,β-unsaturated/α-hetero) is 1. The largest absolute Gasteiger partial charge is 0.467 e. The van der Waals surface area contributed by atoms with Crippen LogP contribution in [0, 0.1) is 5.92 Å². The fraction of sp³-hybridized carbons (Fsp3) is 0.500. The molecular formula is C18H23NO4. The highest BCUT2D eigenvalue weighted by atomic mass is 16.5.